The molecule has 0 atom stereocenters. The molecule has 0 rings (SSSR count). The molecule has 1 N–H and O–H groups in total. The van der Waals surface area contributed by atoms with E-state index in [2.05, 4.69) is 6.92 Å². The number of aliphatic carboxylic acids is 1. The SMILES string of the molecule is CCCCC/C=C(\CCCCCCCC(=O)O)[N+](=O)[O-]. The first-order valence-corrected chi connectivity index (χ1v) is 7.63. The lowest BCUT2D eigenvalue weighted by molar-refractivity contribution is -0.428. The predicted molar refractivity (Wildman–Crippen MR) is 79.2 cm³/mol. The molecule has 0 fully saturated rings. The topological polar surface area (TPSA) is 80.4 Å². The average Bonchev–Trinajstić information content (AvgIpc) is 2.39. The lowest BCUT2D eigenvalue weighted by Crippen LogP contribution is -1.99. The number of hydrogen-bond donors (Lipinski definition) is 1. The zero-order valence-electron chi connectivity index (χ0n) is 12.5. The molecule has 0 aromatic carbocycles. The quantitative estimate of drug-likeness (QED) is 0.306. The van der Waals surface area contributed by atoms with Gasteiger partial charge < -0.3 is 5.11 Å². The van der Waals surface area contributed by atoms with Gasteiger partial charge in [-0.1, -0.05) is 39.0 Å². The van der Waals surface area contributed by atoms with E-state index in [-0.39, 0.29) is 11.3 Å². The molecule has 5 heteroatoms. The maximum Gasteiger partial charge on any atom is 0.303 e. The van der Waals surface area contributed by atoms with Crippen molar-refractivity contribution < 1.29 is 14.8 Å². The van der Waals surface area contributed by atoms with Gasteiger partial charge in [0, 0.05) is 12.8 Å². The van der Waals surface area contributed by atoms with Crippen LogP contribution in [0.4, 0.5) is 0 Å². The van der Waals surface area contributed by atoms with Gasteiger partial charge in [0.15, 0.2) is 0 Å². The van der Waals surface area contributed by atoms with E-state index >= 15 is 0 Å². The van der Waals surface area contributed by atoms with Gasteiger partial charge in [0.25, 0.3) is 0 Å². The monoisotopic (exact) mass is 285 g/mol. The molecule has 20 heavy (non-hydrogen) atoms. The Hall–Kier alpha value is -1.39. The van der Waals surface area contributed by atoms with Crippen molar-refractivity contribution in [2.45, 2.75) is 77.6 Å². The first-order chi connectivity index (χ1) is 9.57. The van der Waals surface area contributed by atoms with Crippen LogP contribution in [0.3, 0.4) is 0 Å². The number of hydrogen-bond acceptors (Lipinski definition) is 3. The number of carboxylic acids is 1. The van der Waals surface area contributed by atoms with Crippen molar-refractivity contribution in [3.8, 4) is 0 Å². The van der Waals surface area contributed by atoms with Crippen LogP contribution >= 0.6 is 0 Å². The van der Waals surface area contributed by atoms with E-state index in [0.717, 1.165) is 51.4 Å². The van der Waals surface area contributed by atoms with E-state index in [9.17, 15) is 14.9 Å². The number of nitrogens with zero attached hydrogens (tertiary/aromatic N) is 1. The first-order valence-electron chi connectivity index (χ1n) is 7.63. The van der Waals surface area contributed by atoms with Gasteiger partial charge in [-0.05, 0) is 31.8 Å². The van der Waals surface area contributed by atoms with E-state index < -0.39 is 5.97 Å². The summed E-state index contributed by atoms with van der Waals surface area (Å²) in [5.74, 6) is -0.754. The van der Waals surface area contributed by atoms with Gasteiger partial charge in [0.05, 0.1) is 4.92 Å². The number of allylic oxidation sites excluding steroid dienone is 2. The molecule has 0 heterocycles. The van der Waals surface area contributed by atoms with Crippen LogP contribution in [0, 0.1) is 10.1 Å². The summed E-state index contributed by atoms with van der Waals surface area (Å²) in [6.45, 7) is 2.11. The Morgan fingerprint density at radius 2 is 1.65 bits per heavy atom. The minimum Gasteiger partial charge on any atom is -0.481 e. The summed E-state index contributed by atoms with van der Waals surface area (Å²) in [5, 5.41) is 19.4. The Morgan fingerprint density at radius 3 is 2.20 bits per heavy atom. The zero-order valence-corrected chi connectivity index (χ0v) is 12.5. The molecule has 0 unspecified atom stereocenters. The van der Waals surface area contributed by atoms with E-state index in [0.29, 0.717) is 18.5 Å². The first kappa shape index (κ1) is 18.6. The van der Waals surface area contributed by atoms with Crippen molar-refractivity contribution in [1.29, 1.82) is 0 Å². The van der Waals surface area contributed by atoms with Gasteiger partial charge in [-0.3, -0.25) is 14.9 Å². The second kappa shape index (κ2) is 12.6. The van der Waals surface area contributed by atoms with Crippen LogP contribution in [0.5, 0.6) is 0 Å². The third-order valence-electron chi connectivity index (χ3n) is 3.25. The highest BCUT2D eigenvalue weighted by Crippen LogP contribution is 2.14. The molecule has 0 bridgehead atoms. The molecule has 0 aromatic rings. The number of nitro groups is 1. The largest absolute Gasteiger partial charge is 0.481 e. The molecule has 0 spiro atoms. The number of unbranched alkanes of at least 4 members (excludes halogenated alkanes) is 7. The predicted octanol–water partition coefficient (Wildman–Crippen LogP) is 4.54. The van der Waals surface area contributed by atoms with Crippen molar-refractivity contribution in [2.24, 2.45) is 0 Å². The number of carboxylic acid groups (broad SMARTS) is 1. The standard InChI is InChI=1S/C15H27NO4/c1-2-3-4-8-11-14(16(19)20)12-9-6-5-7-10-13-15(17)18/h11H,2-10,12-13H2,1H3,(H,17,18)/b14-11+. The molecule has 5 nitrogen and oxygen atoms in total. The molecular weight excluding hydrogens is 258 g/mol. The fraction of sp³-hybridized carbons (Fsp3) is 0.800. The lowest BCUT2D eigenvalue weighted by Gasteiger charge is -2.01. The molecule has 0 aliphatic heterocycles. The summed E-state index contributed by atoms with van der Waals surface area (Å²) in [5.41, 5.74) is 0.339. The molecule has 0 radical (unpaired) electrons. The lowest BCUT2D eigenvalue weighted by atomic mass is 10.1. The number of carbonyl (C=O) groups is 1. The summed E-state index contributed by atoms with van der Waals surface area (Å²) < 4.78 is 0. The van der Waals surface area contributed by atoms with Crippen molar-refractivity contribution in [3.63, 3.8) is 0 Å². The van der Waals surface area contributed by atoms with Crippen molar-refractivity contribution in [2.75, 3.05) is 0 Å². The van der Waals surface area contributed by atoms with Gasteiger partial charge in [-0.2, -0.15) is 0 Å². The Kier molecular flexibility index (Phi) is 11.8. The summed E-state index contributed by atoms with van der Waals surface area (Å²) in [6, 6.07) is 0. The van der Waals surface area contributed by atoms with Gasteiger partial charge >= 0.3 is 5.97 Å². The Balaban J connectivity index is 3.70. The summed E-state index contributed by atoms with van der Waals surface area (Å²) in [7, 11) is 0. The minimum absolute atomic E-state index is 0.220. The fourth-order valence-electron chi connectivity index (χ4n) is 2.04. The molecule has 0 aromatic heterocycles. The van der Waals surface area contributed by atoms with Gasteiger partial charge in [0.1, 0.15) is 0 Å². The smallest absolute Gasteiger partial charge is 0.303 e. The normalized spacial score (nSPS) is 11.6. The Labute approximate surface area is 121 Å². The fourth-order valence-corrected chi connectivity index (χ4v) is 2.04. The third kappa shape index (κ3) is 11.7. The summed E-state index contributed by atoms with van der Waals surface area (Å²) in [6.07, 6.45) is 10.8. The van der Waals surface area contributed by atoms with Crippen LogP contribution in [-0.2, 0) is 4.79 Å². The molecular formula is C15H27NO4. The van der Waals surface area contributed by atoms with Gasteiger partial charge in [-0.15, -0.1) is 0 Å². The summed E-state index contributed by atoms with van der Waals surface area (Å²) >= 11 is 0. The van der Waals surface area contributed by atoms with E-state index in [1.807, 2.05) is 0 Å². The molecule has 0 amide bonds. The highest BCUT2D eigenvalue weighted by atomic mass is 16.6. The van der Waals surface area contributed by atoms with Crippen molar-refractivity contribution in [3.05, 3.63) is 21.9 Å². The van der Waals surface area contributed by atoms with Crippen LogP contribution in [0.2, 0.25) is 0 Å². The highest BCUT2D eigenvalue weighted by molar-refractivity contribution is 5.66. The second-order valence-corrected chi connectivity index (χ2v) is 5.11. The maximum absolute atomic E-state index is 10.9. The third-order valence-corrected chi connectivity index (χ3v) is 3.25. The maximum atomic E-state index is 10.9. The van der Waals surface area contributed by atoms with Crippen molar-refractivity contribution >= 4 is 5.97 Å². The number of rotatable bonds is 13. The zero-order chi connectivity index (χ0) is 15.2. The van der Waals surface area contributed by atoms with E-state index in [1.54, 1.807) is 6.08 Å². The molecule has 0 saturated carbocycles. The van der Waals surface area contributed by atoms with Gasteiger partial charge in [-0.25, -0.2) is 0 Å². The molecule has 0 aliphatic rings. The Bertz CT molecular complexity index is 313. The van der Waals surface area contributed by atoms with Crippen LogP contribution in [0.25, 0.3) is 0 Å². The molecule has 0 aliphatic carbocycles. The van der Waals surface area contributed by atoms with Gasteiger partial charge in [0.2, 0.25) is 5.70 Å². The van der Waals surface area contributed by atoms with Crippen LogP contribution < -0.4 is 0 Å². The molecule has 116 valence electrons. The Morgan fingerprint density at radius 1 is 1.05 bits per heavy atom. The molecule has 0 saturated heterocycles. The average molecular weight is 285 g/mol. The van der Waals surface area contributed by atoms with Crippen LogP contribution in [0.15, 0.2) is 11.8 Å². The van der Waals surface area contributed by atoms with Crippen LogP contribution in [-0.4, -0.2) is 16.0 Å². The highest BCUT2D eigenvalue weighted by Gasteiger charge is 2.09. The van der Waals surface area contributed by atoms with E-state index in [1.165, 1.54) is 0 Å². The van der Waals surface area contributed by atoms with E-state index in [4.69, 9.17) is 5.11 Å². The summed E-state index contributed by atoms with van der Waals surface area (Å²) in [4.78, 5) is 20.9. The van der Waals surface area contributed by atoms with Crippen molar-refractivity contribution in [1.82, 2.24) is 0 Å². The second-order valence-electron chi connectivity index (χ2n) is 5.11. The van der Waals surface area contributed by atoms with Crippen LogP contribution in [0.1, 0.15) is 77.6 Å². The minimum atomic E-state index is -0.754.